The van der Waals surface area contributed by atoms with E-state index in [2.05, 4.69) is 5.32 Å². The molecule has 0 aromatic carbocycles. The fourth-order valence-corrected chi connectivity index (χ4v) is 4.17. The quantitative estimate of drug-likeness (QED) is 0.782. The predicted octanol–water partition coefficient (Wildman–Crippen LogP) is 0.750. The van der Waals surface area contributed by atoms with E-state index in [1.807, 2.05) is 5.38 Å². The molecule has 1 aromatic heterocycles. The van der Waals surface area contributed by atoms with Crippen LogP contribution in [-0.4, -0.2) is 51.1 Å². The zero-order chi connectivity index (χ0) is 17.0. The van der Waals surface area contributed by atoms with Gasteiger partial charge in [-0.05, 0) is 24.3 Å². The third-order valence-corrected chi connectivity index (χ3v) is 6.09. The van der Waals surface area contributed by atoms with Crippen LogP contribution in [0.1, 0.15) is 23.8 Å². The number of nitrogens with zero attached hydrogens (tertiary/aromatic N) is 1. The standard InChI is InChI=1S/C14H20N2O5S2/c1-21-14(18)12(11-4-3-9-22-11)15-13(17)10-5-7-16(8-6-10)23(2,19)20/h3-4,9-10,12H,5-8H2,1-2H3,(H,15,17). The summed E-state index contributed by atoms with van der Waals surface area (Å²) in [6.07, 6.45) is 2.05. The number of thiophene rings is 1. The Morgan fingerprint density at radius 2 is 2.04 bits per heavy atom. The van der Waals surface area contributed by atoms with E-state index in [1.165, 1.54) is 22.8 Å². The van der Waals surface area contributed by atoms with E-state index in [0.717, 1.165) is 6.26 Å². The Labute approximate surface area is 139 Å². The van der Waals surface area contributed by atoms with E-state index >= 15 is 0 Å². The lowest BCUT2D eigenvalue weighted by Crippen LogP contribution is -2.44. The van der Waals surface area contributed by atoms with Gasteiger partial charge in [-0.3, -0.25) is 4.79 Å². The zero-order valence-electron chi connectivity index (χ0n) is 13.0. The van der Waals surface area contributed by atoms with Crippen molar-refractivity contribution in [2.24, 2.45) is 5.92 Å². The fourth-order valence-electron chi connectivity index (χ4n) is 2.53. The lowest BCUT2D eigenvalue weighted by atomic mass is 9.97. The normalized spacial score (nSPS) is 18.3. The second kappa shape index (κ2) is 7.41. The molecule has 23 heavy (non-hydrogen) atoms. The van der Waals surface area contributed by atoms with Crippen LogP contribution in [0.3, 0.4) is 0 Å². The van der Waals surface area contributed by atoms with Crippen molar-refractivity contribution in [3.63, 3.8) is 0 Å². The topological polar surface area (TPSA) is 92.8 Å². The van der Waals surface area contributed by atoms with Crippen LogP contribution < -0.4 is 5.32 Å². The Balaban J connectivity index is 1.99. The average Bonchev–Trinajstić information content (AvgIpc) is 3.05. The molecule has 0 spiro atoms. The molecule has 1 amide bonds. The van der Waals surface area contributed by atoms with Crippen LogP contribution in [0.25, 0.3) is 0 Å². The highest BCUT2D eigenvalue weighted by Crippen LogP contribution is 2.23. The van der Waals surface area contributed by atoms with Gasteiger partial charge in [0.25, 0.3) is 0 Å². The van der Waals surface area contributed by atoms with Crippen molar-refractivity contribution in [1.29, 1.82) is 0 Å². The maximum atomic E-state index is 12.4. The predicted molar refractivity (Wildman–Crippen MR) is 86.4 cm³/mol. The minimum atomic E-state index is -3.22. The number of hydrogen-bond acceptors (Lipinski definition) is 6. The molecule has 1 saturated heterocycles. The Bertz CT molecular complexity index is 649. The van der Waals surface area contributed by atoms with Gasteiger partial charge in [0.1, 0.15) is 0 Å². The molecular formula is C14H20N2O5S2. The SMILES string of the molecule is COC(=O)C(NC(=O)C1CCN(S(C)(=O)=O)CC1)c1cccs1. The van der Waals surface area contributed by atoms with Gasteiger partial charge in [-0.25, -0.2) is 17.5 Å². The van der Waals surface area contributed by atoms with Crippen molar-refractivity contribution >= 4 is 33.2 Å². The molecule has 1 atom stereocenters. The molecule has 1 fully saturated rings. The molecule has 0 saturated carbocycles. The molecule has 1 aromatic rings. The van der Waals surface area contributed by atoms with Crippen LogP contribution in [0.5, 0.6) is 0 Å². The summed E-state index contributed by atoms with van der Waals surface area (Å²) in [5.41, 5.74) is 0. The summed E-state index contributed by atoms with van der Waals surface area (Å²) in [7, 11) is -1.94. The van der Waals surface area contributed by atoms with Gasteiger partial charge >= 0.3 is 5.97 Å². The molecule has 128 valence electrons. The van der Waals surface area contributed by atoms with E-state index in [4.69, 9.17) is 4.74 Å². The molecule has 7 nitrogen and oxygen atoms in total. The summed E-state index contributed by atoms with van der Waals surface area (Å²) < 4.78 is 29.1. The fraction of sp³-hybridized carbons (Fsp3) is 0.571. The van der Waals surface area contributed by atoms with Crippen LogP contribution in [0.15, 0.2) is 17.5 Å². The van der Waals surface area contributed by atoms with Gasteiger partial charge in [0, 0.05) is 23.9 Å². The van der Waals surface area contributed by atoms with E-state index in [9.17, 15) is 18.0 Å². The Hall–Kier alpha value is -1.45. The molecule has 1 aliphatic heterocycles. The number of sulfonamides is 1. The van der Waals surface area contributed by atoms with Crippen LogP contribution >= 0.6 is 11.3 Å². The second-order valence-electron chi connectivity index (χ2n) is 5.42. The van der Waals surface area contributed by atoms with E-state index in [1.54, 1.807) is 12.1 Å². The lowest BCUT2D eigenvalue weighted by Gasteiger charge is -2.30. The van der Waals surface area contributed by atoms with Crippen molar-refractivity contribution < 1.29 is 22.7 Å². The summed E-state index contributed by atoms with van der Waals surface area (Å²) in [5.74, 6) is -1.07. The smallest absolute Gasteiger partial charge is 0.333 e. The van der Waals surface area contributed by atoms with Gasteiger partial charge in [0.15, 0.2) is 6.04 Å². The highest BCUT2D eigenvalue weighted by Gasteiger charge is 2.32. The van der Waals surface area contributed by atoms with Crippen LogP contribution in [0.4, 0.5) is 0 Å². The number of rotatable bonds is 5. The minimum Gasteiger partial charge on any atom is -0.467 e. The van der Waals surface area contributed by atoms with E-state index in [-0.39, 0.29) is 11.8 Å². The van der Waals surface area contributed by atoms with Crippen LogP contribution in [0.2, 0.25) is 0 Å². The minimum absolute atomic E-state index is 0.248. The van der Waals surface area contributed by atoms with Crippen molar-refractivity contribution in [2.75, 3.05) is 26.5 Å². The number of piperidine rings is 1. The van der Waals surface area contributed by atoms with Crippen molar-refractivity contribution in [3.05, 3.63) is 22.4 Å². The third-order valence-electron chi connectivity index (χ3n) is 3.84. The molecule has 0 radical (unpaired) electrons. The average molecular weight is 360 g/mol. The molecule has 1 aliphatic rings. The van der Waals surface area contributed by atoms with Crippen molar-refractivity contribution in [2.45, 2.75) is 18.9 Å². The largest absolute Gasteiger partial charge is 0.467 e. The monoisotopic (exact) mass is 360 g/mol. The zero-order valence-corrected chi connectivity index (χ0v) is 14.7. The molecular weight excluding hydrogens is 340 g/mol. The van der Waals surface area contributed by atoms with Gasteiger partial charge < -0.3 is 10.1 Å². The molecule has 0 bridgehead atoms. The number of ether oxygens (including phenoxy) is 1. The highest BCUT2D eigenvalue weighted by atomic mass is 32.2. The number of amides is 1. The maximum absolute atomic E-state index is 12.4. The van der Waals surface area contributed by atoms with Gasteiger partial charge in [-0.1, -0.05) is 6.07 Å². The number of nitrogens with one attached hydrogen (secondary N) is 1. The molecule has 1 unspecified atom stereocenters. The van der Waals surface area contributed by atoms with Crippen molar-refractivity contribution in [1.82, 2.24) is 9.62 Å². The number of carbonyl (C=O) groups is 2. The summed E-state index contributed by atoms with van der Waals surface area (Å²) in [4.78, 5) is 25.0. The first-order valence-electron chi connectivity index (χ1n) is 7.19. The Kier molecular flexibility index (Phi) is 5.77. The molecule has 0 aliphatic carbocycles. The molecule has 2 heterocycles. The summed E-state index contributed by atoms with van der Waals surface area (Å²) in [5, 5.41) is 4.54. The first kappa shape index (κ1) is 17.9. The first-order chi connectivity index (χ1) is 10.8. The first-order valence-corrected chi connectivity index (χ1v) is 9.92. The van der Waals surface area contributed by atoms with Crippen LogP contribution in [0, 0.1) is 5.92 Å². The second-order valence-corrected chi connectivity index (χ2v) is 8.38. The number of carbonyl (C=O) groups excluding carboxylic acids is 2. The number of hydrogen-bond donors (Lipinski definition) is 1. The van der Waals surface area contributed by atoms with E-state index in [0.29, 0.717) is 30.8 Å². The molecule has 9 heteroatoms. The van der Waals surface area contributed by atoms with Crippen LogP contribution in [-0.2, 0) is 24.3 Å². The van der Waals surface area contributed by atoms with Gasteiger partial charge in [-0.15, -0.1) is 11.3 Å². The van der Waals surface area contributed by atoms with E-state index < -0.39 is 22.0 Å². The number of esters is 1. The summed E-state index contributed by atoms with van der Waals surface area (Å²) in [6, 6.07) is 2.74. The molecule has 2 rings (SSSR count). The Morgan fingerprint density at radius 1 is 1.39 bits per heavy atom. The maximum Gasteiger partial charge on any atom is 0.333 e. The highest BCUT2D eigenvalue weighted by molar-refractivity contribution is 7.88. The lowest BCUT2D eigenvalue weighted by molar-refractivity contribution is -0.145. The van der Waals surface area contributed by atoms with Gasteiger partial charge in [-0.2, -0.15) is 0 Å². The summed E-state index contributed by atoms with van der Waals surface area (Å²) in [6.45, 7) is 0.637. The number of methoxy groups -OCH3 is 1. The molecule has 1 N–H and O–H groups in total. The third kappa shape index (κ3) is 4.52. The Morgan fingerprint density at radius 3 is 2.52 bits per heavy atom. The van der Waals surface area contributed by atoms with Gasteiger partial charge in [0.05, 0.1) is 13.4 Å². The van der Waals surface area contributed by atoms with Crippen molar-refractivity contribution in [3.8, 4) is 0 Å². The van der Waals surface area contributed by atoms with Gasteiger partial charge in [0.2, 0.25) is 15.9 Å². The summed E-state index contributed by atoms with van der Waals surface area (Å²) >= 11 is 1.36.